The summed E-state index contributed by atoms with van der Waals surface area (Å²) in [5.41, 5.74) is 0. The maximum Gasteiger partial charge on any atom is 0.243 e. The molecule has 0 aromatic rings. The number of amides is 2. The molecule has 0 aromatic heterocycles. The monoisotopic (exact) mass is 344 g/mol. The van der Waals surface area contributed by atoms with Gasteiger partial charge in [-0.1, -0.05) is 13.2 Å². The summed E-state index contributed by atoms with van der Waals surface area (Å²) in [7, 11) is 0. The van der Waals surface area contributed by atoms with E-state index in [2.05, 4.69) is 23.8 Å². The van der Waals surface area contributed by atoms with Crippen LogP contribution in [0.4, 0.5) is 0 Å². The summed E-state index contributed by atoms with van der Waals surface area (Å²) in [5.74, 6) is -0.421. The van der Waals surface area contributed by atoms with Crippen LogP contribution in [0, 0.1) is 0 Å². The molecule has 0 heterocycles. The molecule has 0 fully saturated rings. The molecule has 138 valence electrons. The second kappa shape index (κ2) is 17.6. The first kappa shape index (κ1) is 22.3. The molecule has 0 atom stereocenters. The fraction of sp³-hybridized carbons (Fsp3) is 0.625. The number of nitrogens with one attached hydrogen (secondary N) is 2. The normalized spacial score (nSPS) is 10.2. The highest BCUT2D eigenvalue weighted by Gasteiger charge is 1.95. The van der Waals surface area contributed by atoms with Crippen molar-refractivity contribution in [2.45, 2.75) is 0 Å². The molecule has 0 saturated carbocycles. The zero-order valence-corrected chi connectivity index (χ0v) is 14.1. The summed E-state index contributed by atoms with van der Waals surface area (Å²) < 4.78 is 21.2. The molecule has 0 radical (unpaired) electrons. The van der Waals surface area contributed by atoms with E-state index in [0.29, 0.717) is 65.9 Å². The largest absolute Gasteiger partial charge is 0.377 e. The van der Waals surface area contributed by atoms with Crippen LogP contribution in [0.15, 0.2) is 25.3 Å². The van der Waals surface area contributed by atoms with Crippen LogP contribution in [0.1, 0.15) is 0 Å². The third-order valence-corrected chi connectivity index (χ3v) is 2.58. The summed E-state index contributed by atoms with van der Waals surface area (Å²) in [6.45, 7) is 11.3. The lowest BCUT2D eigenvalue weighted by Crippen LogP contribution is -2.25. The van der Waals surface area contributed by atoms with Crippen molar-refractivity contribution in [1.29, 1.82) is 0 Å². The molecule has 0 aliphatic carbocycles. The van der Waals surface area contributed by atoms with Gasteiger partial charge in [-0.3, -0.25) is 9.59 Å². The number of hydrogen-bond acceptors (Lipinski definition) is 6. The predicted octanol–water partition coefficient (Wildman–Crippen LogP) is -0.343. The Morgan fingerprint density at radius 3 is 1.21 bits per heavy atom. The molecule has 0 spiro atoms. The molecule has 0 rings (SSSR count). The molecular formula is C16H28N2O6. The van der Waals surface area contributed by atoms with Gasteiger partial charge in [0.2, 0.25) is 11.8 Å². The van der Waals surface area contributed by atoms with E-state index in [1.165, 1.54) is 12.2 Å². The number of carbonyl (C=O) groups is 2. The first-order chi connectivity index (χ1) is 11.7. The molecule has 0 unspecified atom stereocenters. The van der Waals surface area contributed by atoms with E-state index in [1.807, 2.05) is 0 Å². The highest BCUT2D eigenvalue weighted by Crippen LogP contribution is 1.83. The van der Waals surface area contributed by atoms with Crippen LogP contribution in [0.25, 0.3) is 0 Å². The molecule has 0 bridgehead atoms. The van der Waals surface area contributed by atoms with Crippen molar-refractivity contribution in [3.63, 3.8) is 0 Å². The number of rotatable bonds is 17. The van der Waals surface area contributed by atoms with Gasteiger partial charge < -0.3 is 29.6 Å². The summed E-state index contributed by atoms with van der Waals surface area (Å²) in [6.07, 6.45) is 2.43. The van der Waals surface area contributed by atoms with Crippen LogP contribution in [0.2, 0.25) is 0 Å². The second-order valence-electron chi connectivity index (χ2n) is 4.44. The molecule has 2 amide bonds. The number of carbonyl (C=O) groups excluding carboxylic acids is 2. The van der Waals surface area contributed by atoms with Gasteiger partial charge in [0.05, 0.1) is 52.9 Å². The van der Waals surface area contributed by atoms with E-state index < -0.39 is 0 Å². The van der Waals surface area contributed by atoms with Gasteiger partial charge in [-0.15, -0.1) is 0 Å². The lowest BCUT2D eigenvalue weighted by Gasteiger charge is -2.08. The van der Waals surface area contributed by atoms with Gasteiger partial charge in [-0.25, -0.2) is 0 Å². The molecule has 8 heteroatoms. The average molecular weight is 344 g/mol. The zero-order chi connectivity index (χ0) is 17.9. The zero-order valence-electron chi connectivity index (χ0n) is 14.1. The lowest BCUT2D eigenvalue weighted by atomic mass is 10.5. The quantitative estimate of drug-likeness (QED) is 0.277. The Hall–Kier alpha value is -1.74. The minimum absolute atomic E-state index is 0.211. The maximum atomic E-state index is 10.8. The Kier molecular flexibility index (Phi) is 16.3. The van der Waals surface area contributed by atoms with Crippen molar-refractivity contribution in [2.75, 3.05) is 65.9 Å². The van der Waals surface area contributed by atoms with Crippen LogP contribution < -0.4 is 10.6 Å². The van der Waals surface area contributed by atoms with Crippen molar-refractivity contribution in [3.05, 3.63) is 25.3 Å². The molecule has 0 aromatic carbocycles. The number of hydrogen-bond donors (Lipinski definition) is 2. The van der Waals surface area contributed by atoms with Crippen LogP contribution in [0.5, 0.6) is 0 Å². The Morgan fingerprint density at radius 2 is 0.917 bits per heavy atom. The van der Waals surface area contributed by atoms with Crippen LogP contribution in [-0.4, -0.2) is 77.8 Å². The summed E-state index contributed by atoms with van der Waals surface area (Å²) in [4.78, 5) is 21.7. The van der Waals surface area contributed by atoms with Gasteiger partial charge in [-0.05, 0) is 12.2 Å². The van der Waals surface area contributed by atoms with Crippen molar-refractivity contribution >= 4 is 11.8 Å². The SMILES string of the molecule is C=CC(=O)NCCOCCOCCOCCOCCNC(=O)C=C. The molecule has 0 aliphatic heterocycles. The van der Waals surface area contributed by atoms with E-state index >= 15 is 0 Å². The molecule has 0 saturated heterocycles. The highest BCUT2D eigenvalue weighted by atomic mass is 16.6. The fourth-order valence-electron chi connectivity index (χ4n) is 1.40. The number of ether oxygens (including phenoxy) is 4. The van der Waals surface area contributed by atoms with Gasteiger partial charge >= 0.3 is 0 Å². The van der Waals surface area contributed by atoms with E-state index in [0.717, 1.165) is 0 Å². The standard InChI is InChI=1S/C16H28N2O6/c1-3-15(19)17-5-7-21-9-11-23-13-14-24-12-10-22-8-6-18-16(20)4-2/h3-4H,1-2,5-14H2,(H,17,19)(H,18,20). The first-order valence-electron chi connectivity index (χ1n) is 7.82. The highest BCUT2D eigenvalue weighted by molar-refractivity contribution is 5.87. The van der Waals surface area contributed by atoms with E-state index in [4.69, 9.17) is 18.9 Å². The van der Waals surface area contributed by atoms with E-state index in [1.54, 1.807) is 0 Å². The first-order valence-corrected chi connectivity index (χ1v) is 7.82. The molecule has 24 heavy (non-hydrogen) atoms. The topological polar surface area (TPSA) is 95.1 Å². The Morgan fingerprint density at radius 1 is 0.625 bits per heavy atom. The van der Waals surface area contributed by atoms with E-state index in [-0.39, 0.29) is 11.8 Å². The molecule has 8 nitrogen and oxygen atoms in total. The minimum atomic E-state index is -0.211. The third kappa shape index (κ3) is 16.6. The lowest BCUT2D eigenvalue weighted by molar-refractivity contribution is -0.117. The smallest absolute Gasteiger partial charge is 0.243 e. The van der Waals surface area contributed by atoms with Crippen LogP contribution in [-0.2, 0) is 28.5 Å². The Labute approximate surface area is 143 Å². The average Bonchev–Trinajstić information content (AvgIpc) is 2.60. The third-order valence-electron chi connectivity index (χ3n) is 2.58. The Bertz CT molecular complexity index is 328. The Balaban J connectivity index is 3.07. The fourth-order valence-corrected chi connectivity index (χ4v) is 1.40. The van der Waals surface area contributed by atoms with Gasteiger partial charge in [-0.2, -0.15) is 0 Å². The molecular weight excluding hydrogens is 316 g/mol. The summed E-state index contributed by atoms with van der Waals surface area (Å²) in [5, 5.41) is 5.21. The minimum Gasteiger partial charge on any atom is -0.377 e. The molecule has 2 N–H and O–H groups in total. The van der Waals surface area contributed by atoms with Crippen molar-refractivity contribution in [1.82, 2.24) is 10.6 Å². The summed E-state index contributed by atoms with van der Waals surface area (Å²) in [6, 6.07) is 0. The van der Waals surface area contributed by atoms with Crippen molar-refractivity contribution < 1.29 is 28.5 Å². The van der Waals surface area contributed by atoms with Crippen molar-refractivity contribution in [3.8, 4) is 0 Å². The van der Waals surface area contributed by atoms with Gasteiger partial charge in [0, 0.05) is 13.1 Å². The van der Waals surface area contributed by atoms with Gasteiger partial charge in [0.15, 0.2) is 0 Å². The second-order valence-corrected chi connectivity index (χ2v) is 4.44. The van der Waals surface area contributed by atoms with Gasteiger partial charge in [0.1, 0.15) is 0 Å². The van der Waals surface area contributed by atoms with Gasteiger partial charge in [0.25, 0.3) is 0 Å². The van der Waals surface area contributed by atoms with E-state index in [9.17, 15) is 9.59 Å². The molecule has 0 aliphatic rings. The van der Waals surface area contributed by atoms with Crippen LogP contribution in [0.3, 0.4) is 0 Å². The van der Waals surface area contributed by atoms with Crippen LogP contribution >= 0.6 is 0 Å². The summed E-state index contributed by atoms with van der Waals surface area (Å²) >= 11 is 0. The maximum absolute atomic E-state index is 10.8. The van der Waals surface area contributed by atoms with Crippen molar-refractivity contribution in [2.24, 2.45) is 0 Å². The predicted molar refractivity (Wildman–Crippen MR) is 89.7 cm³/mol.